The van der Waals surface area contributed by atoms with Gasteiger partial charge >= 0.3 is 0 Å². The molecule has 1 aromatic carbocycles. The fraction of sp³-hybridized carbons (Fsp3) is 0.348. The number of aromatic nitrogens is 6. The maximum Gasteiger partial charge on any atom is 0.228 e. The second-order valence-corrected chi connectivity index (χ2v) is 8.66. The number of aromatic amines is 1. The largest absolute Gasteiger partial charge is 0.494 e. The molecule has 3 aromatic heterocycles. The molecule has 0 radical (unpaired) electrons. The van der Waals surface area contributed by atoms with Gasteiger partial charge in [0.25, 0.3) is 0 Å². The lowest BCUT2D eigenvalue weighted by atomic mass is 10.1. The number of hydrogen-bond acceptors (Lipinski definition) is 8. The van der Waals surface area contributed by atoms with E-state index >= 15 is 0 Å². The fourth-order valence-electron chi connectivity index (χ4n) is 4.04. The minimum atomic E-state index is -0.0111. The molecule has 2 aliphatic rings. The molecular weight excluding hydrogens is 434 g/mol. The van der Waals surface area contributed by atoms with Crippen molar-refractivity contribution in [2.45, 2.75) is 31.7 Å². The predicted molar refractivity (Wildman–Crippen MR) is 128 cm³/mol. The number of fused-ring (bicyclic) bond motifs is 1. The van der Waals surface area contributed by atoms with Crippen LogP contribution in [0.15, 0.2) is 30.6 Å². The summed E-state index contributed by atoms with van der Waals surface area (Å²) in [5, 5.41) is 22.1. The molecule has 0 aliphatic heterocycles. The normalized spacial score (nSPS) is 15.4. The van der Waals surface area contributed by atoms with Gasteiger partial charge in [0.1, 0.15) is 12.1 Å². The number of hydrogen-bond donors (Lipinski definition) is 4. The molecule has 1 amide bonds. The number of H-pyrrole nitrogens is 1. The van der Waals surface area contributed by atoms with Crippen molar-refractivity contribution in [1.29, 1.82) is 0 Å². The maximum atomic E-state index is 12.4. The lowest BCUT2D eigenvalue weighted by molar-refractivity contribution is -0.117. The number of nitrogens with zero attached hydrogens (tertiary/aromatic N) is 5. The first kappa shape index (κ1) is 20.5. The SMILES string of the molecule is CNc1n[nH]c2nc(NC(=O)C3CC3)cc(Nc3cccc(-c4ncn(C5CC5)n4)c3OC)c12. The van der Waals surface area contributed by atoms with Crippen molar-refractivity contribution in [3.63, 3.8) is 0 Å². The number of amides is 1. The van der Waals surface area contributed by atoms with Crippen molar-refractivity contribution in [3.05, 3.63) is 30.6 Å². The van der Waals surface area contributed by atoms with Crippen LogP contribution in [0.2, 0.25) is 0 Å². The van der Waals surface area contributed by atoms with Gasteiger partial charge in [-0.05, 0) is 37.8 Å². The molecule has 0 saturated heterocycles. The molecular formula is C23H25N9O2. The lowest BCUT2D eigenvalue weighted by Gasteiger charge is -2.15. The number of benzene rings is 1. The smallest absolute Gasteiger partial charge is 0.228 e. The average molecular weight is 460 g/mol. The van der Waals surface area contributed by atoms with Crippen LogP contribution in [-0.4, -0.2) is 50.0 Å². The van der Waals surface area contributed by atoms with Crippen molar-refractivity contribution in [2.75, 3.05) is 30.1 Å². The molecule has 0 spiro atoms. The highest BCUT2D eigenvalue weighted by molar-refractivity contribution is 6.03. The van der Waals surface area contributed by atoms with Crippen molar-refractivity contribution < 1.29 is 9.53 Å². The van der Waals surface area contributed by atoms with Crippen LogP contribution in [0.4, 0.5) is 23.0 Å². The van der Waals surface area contributed by atoms with Crippen molar-refractivity contribution in [1.82, 2.24) is 29.9 Å². The molecule has 4 aromatic rings. The molecule has 34 heavy (non-hydrogen) atoms. The van der Waals surface area contributed by atoms with E-state index in [2.05, 4.69) is 41.2 Å². The number of para-hydroxylation sites is 1. The second-order valence-electron chi connectivity index (χ2n) is 8.66. The van der Waals surface area contributed by atoms with Gasteiger partial charge in [0.15, 0.2) is 23.0 Å². The first-order valence-corrected chi connectivity index (χ1v) is 11.4. The summed E-state index contributed by atoms with van der Waals surface area (Å²) in [6.07, 6.45) is 5.89. The minimum Gasteiger partial charge on any atom is -0.494 e. The number of ether oxygens (including phenoxy) is 1. The predicted octanol–water partition coefficient (Wildman–Crippen LogP) is 3.69. The molecule has 0 atom stereocenters. The summed E-state index contributed by atoms with van der Waals surface area (Å²) in [6.45, 7) is 0. The van der Waals surface area contributed by atoms with E-state index in [4.69, 9.17) is 4.74 Å². The molecule has 2 saturated carbocycles. The number of pyridine rings is 1. The Hall–Kier alpha value is -4.15. The van der Waals surface area contributed by atoms with Gasteiger partial charge in [-0.3, -0.25) is 9.89 Å². The summed E-state index contributed by atoms with van der Waals surface area (Å²) in [5.41, 5.74) is 2.81. The summed E-state index contributed by atoms with van der Waals surface area (Å²) in [7, 11) is 3.42. The Morgan fingerprint density at radius 1 is 1.21 bits per heavy atom. The number of carbonyl (C=O) groups is 1. The van der Waals surface area contributed by atoms with E-state index in [-0.39, 0.29) is 11.8 Å². The first-order valence-electron chi connectivity index (χ1n) is 11.4. The zero-order valence-corrected chi connectivity index (χ0v) is 18.9. The Balaban J connectivity index is 1.40. The summed E-state index contributed by atoms with van der Waals surface area (Å²) in [4.78, 5) is 21.4. The monoisotopic (exact) mass is 459 g/mol. The highest BCUT2D eigenvalue weighted by Gasteiger charge is 2.30. The van der Waals surface area contributed by atoms with Gasteiger partial charge in [-0.25, -0.2) is 14.6 Å². The second kappa shape index (κ2) is 8.01. The van der Waals surface area contributed by atoms with E-state index in [0.717, 1.165) is 48.0 Å². The topological polar surface area (TPSA) is 135 Å². The van der Waals surface area contributed by atoms with E-state index in [1.54, 1.807) is 20.5 Å². The van der Waals surface area contributed by atoms with Crippen LogP contribution in [0.5, 0.6) is 5.75 Å². The standard InChI is InChI=1S/C23H25N9O2/c1-24-21-18-16(10-17(27-22(18)30-29-21)28-23(33)12-6-7-12)26-15-5-3-4-14(19(15)34-2)20-25-11-32(31-20)13-8-9-13/h3-5,10-13H,6-9H2,1-2H3,(H4,24,26,27,28,29,30,33). The molecule has 0 bridgehead atoms. The Bertz CT molecular complexity index is 1380. The Kier molecular flexibility index (Phi) is 4.82. The third-order valence-corrected chi connectivity index (χ3v) is 6.12. The van der Waals surface area contributed by atoms with Crippen LogP contribution in [0.3, 0.4) is 0 Å². The highest BCUT2D eigenvalue weighted by Crippen LogP contribution is 2.40. The van der Waals surface area contributed by atoms with Crippen molar-refractivity contribution >= 4 is 40.0 Å². The summed E-state index contributed by atoms with van der Waals surface area (Å²) in [5.74, 6) is 2.40. The quantitative estimate of drug-likeness (QED) is 0.313. The van der Waals surface area contributed by atoms with Gasteiger partial charge in [-0.15, -0.1) is 0 Å². The molecule has 0 unspecified atom stereocenters. The van der Waals surface area contributed by atoms with Gasteiger partial charge in [0, 0.05) is 19.0 Å². The number of carbonyl (C=O) groups excluding carboxylic acids is 1. The molecule has 2 fully saturated rings. The first-order chi connectivity index (χ1) is 16.6. The molecule has 2 aliphatic carbocycles. The summed E-state index contributed by atoms with van der Waals surface area (Å²) < 4.78 is 7.71. The number of anilines is 4. The third-order valence-electron chi connectivity index (χ3n) is 6.12. The Labute approximate surface area is 195 Å². The van der Waals surface area contributed by atoms with Gasteiger partial charge in [-0.1, -0.05) is 6.07 Å². The van der Waals surface area contributed by atoms with Crippen molar-refractivity contribution in [3.8, 4) is 17.1 Å². The van der Waals surface area contributed by atoms with E-state index in [9.17, 15) is 4.79 Å². The van der Waals surface area contributed by atoms with Crippen LogP contribution in [-0.2, 0) is 4.79 Å². The zero-order valence-electron chi connectivity index (χ0n) is 18.9. The molecule has 6 rings (SSSR count). The molecule has 174 valence electrons. The maximum absolute atomic E-state index is 12.4. The van der Waals surface area contributed by atoms with Crippen LogP contribution in [0.25, 0.3) is 22.4 Å². The summed E-state index contributed by atoms with van der Waals surface area (Å²) >= 11 is 0. The molecule has 3 heterocycles. The Morgan fingerprint density at radius 2 is 2.06 bits per heavy atom. The van der Waals surface area contributed by atoms with Gasteiger partial charge in [-0.2, -0.15) is 10.2 Å². The number of rotatable bonds is 8. The third kappa shape index (κ3) is 3.68. The zero-order chi connectivity index (χ0) is 23.2. The van der Waals surface area contributed by atoms with E-state index in [0.29, 0.717) is 34.9 Å². The van der Waals surface area contributed by atoms with Crippen molar-refractivity contribution in [2.24, 2.45) is 5.92 Å². The number of nitrogens with one attached hydrogen (secondary N) is 4. The van der Waals surface area contributed by atoms with Crippen LogP contribution < -0.4 is 20.7 Å². The fourth-order valence-corrected chi connectivity index (χ4v) is 4.04. The van der Waals surface area contributed by atoms with E-state index < -0.39 is 0 Å². The lowest BCUT2D eigenvalue weighted by Crippen LogP contribution is -2.14. The molecule has 11 nitrogen and oxygen atoms in total. The van der Waals surface area contributed by atoms with Crippen LogP contribution in [0.1, 0.15) is 31.7 Å². The Morgan fingerprint density at radius 3 is 2.79 bits per heavy atom. The van der Waals surface area contributed by atoms with Gasteiger partial charge < -0.3 is 20.7 Å². The summed E-state index contributed by atoms with van der Waals surface area (Å²) in [6, 6.07) is 8.06. The molecule has 11 heteroatoms. The minimum absolute atomic E-state index is 0.0111. The van der Waals surface area contributed by atoms with Crippen LogP contribution in [0, 0.1) is 5.92 Å². The highest BCUT2D eigenvalue weighted by atomic mass is 16.5. The van der Waals surface area contributed by atoms with Gasteiger partial charge in [0.05, 0.1) is 35.5 Å². The van der Waals surface area contributed by atoms with Gasteiger partial charge in [0.2, 0.25) is 5.91 Å². The average Bonchev–Trinajstić information content (AvgIpc) is 3.78. The molecule has 4 N–H and O–H groups in total. The van der Waals surface area contributed by atoms with Crippen LogP contribution >= 0.6 is 0 Å². The van der Waals surface area contributed by atoms with E-state index in [1.165, 1.54) is 0 Å². The van der Waals surface area contributed by atoms with E-state index in [1.807, 2.05) is 28.9 Å². The number of methoxy groups -OCH3 is 1.